The first-order valence-electron chi connectivity index (χ1n) is 7.05. The third kappa shape index (κ3) is 2.88. The first-order chi connectivity index (χ1) is 10.0. The number of hydrogen-bond acceptors (Lipinski definition) is 4. The van der Waals surface area contributed by atoms with Crippen LogP contribution >= 0.6 is 11.3 Å². The number of rotatable bonds is 3. The monoisotopic (exact) mass is 301 g/mol. The average Bonchev–Trinajstić information content (AvgIpc) is 2.75. The Morgan fingerprint density at radius 3 is 2.81 bits per heavy atom. The predicted molar refractivity (Wildman–Crippen MR) is 88.9 cm³/mol. The Kier molecular flexibility index (Phi) is 3.59. The highest BCUT2D eigenvalue weighted by molar-refractivity contribution is 7.12. The standard InChI is InChI=1S/C16H19N3OS/c1-9-5-12(21-10(9)2)8-18-15-6-11-3-4-16(20)19-14(11)7-13(15)17/h5-7,18H,3-4,8,17H2,1-2H3,(H,19,20). The van der Waals surface area contributed by atoms with E-state index in [2.05, 4.69) is 36.6 Å². The number of hydrogen-bond donors (Lipinski definition) is 3. The van der Waals surface area contributed by atoms with Crippen LogP contribution in [0.4, 0.5) is 17.1 Å². The van der Waals surface area contributed by atoms with Crippen molar-refractivity contribution in [3.8, 4) is 0 Å². The molecule has 0 aliphatic carbocycles. The van der Waals surface area contributed by atoms with Gasteiger partial charge in [0, 0.05) is 28.4 Å². The summed E-state index contributed by atoms with van der Waals surface area (Å²) in [5.74, 6) is 0.0622. The molecule has 0 radical (unpaired) electrons. The zero-order valence-corrected chi connectivity index (χ0v) is 13.1. The van der Waals surface area contributed by atoms with E-state index in [1.54, 1.807) is 0 Å². The van der Waals surface area contributed by atoms with Gasteiger partial charge in [0.15, 0.2) is 0 Å². The fourth-order valence-corrected chi connectivity index (χ4v) is 3.51. The van der Waals surface area contributed by atoms with Crippen LogP contribution in [0.3, 0.4) is 0 Å². The van der Waals surface area contributed by atoms with Gasteiger partial charge in [0.1, 0.15) is 0 Å². The largest absolute Gasteiger partial charge is 0.397 e. The molecule has 3 rings (SSSR count). The second-order valence-electron chi connectivity index (χ2n) is 5.45. The van der Waals surface area contributed by atoms with Crippen molar-refractivity contribution in [1.82, 2.24) is 0 Å². The Morgan fingerprint density at radius 2 is 2.10 bits per heavy atom. The van der Waals surface area contributed by atoms with Crippen molar-refractivity contribution in [1.29, 1.82) is 0 Å². The van der Waals surface area contributed by atoms with Crippen LogP contribution in [0.25, 0.3) is 0 Å². The predicted octanol–water partition coefficient (Wildman–Crippen LogP) is 3.44. The summed E-state index contributed by atoms with van der Waals surface area (Å²) in [5, 5.41) is 6.27. The van der Waals surface area contributed by atoms with Gasteiger partial charge in [0.25, 0.3) is 0 Å². The van der Waals surface area contributed by atoms with E-state index in [4.69, 9.17) is 5.73 Å². The molecule has 1 aromatic carbocycles. The van der Waals surface area contributed by atoms with E-state index >= 15 is 0 Å². The molecule has 0 bridgehead atoms. The summed E-state index contributed by atoms with van der Waals surface area (Å²) in [6.45, 7) is 5.04. The van der Waals surface area contributed by atoms with Crippen molar-refractivity contribution in [3.63, 3.8) is 0 Å². The lowest BCUT2D eigenvalue weighted by molar-refractivity contribution is -0.116. The van der Waals surface area contributed by atoms with Crippen molar-refractivity contribution in [2.75, 3.05) is 16.4 Å². The number of amides is 1. The molecule has 0 fully saturated rings. The highest BCUT2D eigenvalue weighted by Crippen LogP contribution is 2.31. The number of carbonyl (C=O) groups is 1. The molecule has 2 heterocycles. The Morgan fingerprint density at radius 1 is 1.29 bits per heavy atom. The van der Waals surface area contributed by atoms with Gasteiger partial charge in [0.2, 0.25) is 5.91 Å². The topological polar surface area (TPSA) is 67.2 Å². The van der Waals surface area contributed by atoms with Crippen molar-refractivity contribution < 1.29 is 4.79 Å². The van der Waals surface area contributed by atoms with E-state index in [1.165, 1.54) is 15.3 Å². The third-order valence-electron chi connectivity index (χ3n) is 3.84. The van der Waals surface area contributed by atoms with E-state index in [0.29, 0.717) is 12.1 Å². The second-order valence-corrected chi connectivity index (χ2v) is 6.79. The molecule has 1 aliphatic rings. The molecule has 1 amide bonds. The van der Waals surface area contributed by atoms with E-state index < -0.39 is 0 Å². The average molecular weight is 301 g/mol. The van der Waals surface area contributed by atoms with Crippen molar-refractivity contribution >= 4 is 34.3 Å². The number of fused-ring (bicyclic) bond motifs is 1. The molecule has 21 heavy (non-hydrogen) atoms. The number of nitrogen functional groups attached to an aromatic ring is 1. The molecule has 0 saturated carbocycles. The van der Waals surface area contributed by atoms with Crippen LogP contribution in [0.15, 0.2) is 18.2 Å². The molecule has 0 spiro atoms. The molecule has 1 aromatic heterocycles. The number of thiophene rings is 1. The van der Waals surface area contributed by atoms with E-state index in [1.807, 2.05) is 17.4 Å². The first kappa shape index (κ1) is 13.9. The number of anilines is 3. The molecule has 110 valence electrons. The molecule has 0 unspecified atom stereocenters. The fourth-order valence-electron chi connectivity index (χ4n) is 2.52. The van der Waals surface area contributed by atoms with Gasteiger partial charge < -0.3 is 16.4 Å². The zero-order valence-electron chi connectivity index (χ0n) is 12.2. The Balaban J connectivity index is 1.78. The van der Waals surface area contributed by atoms with Gasteiger partial charge in [-0.25, -0.2) is 0 Å². The van der Waals surface area contributed by atoms with E-state index in [-0.39, 0.29) is 5.91 Å². The second kappa shape index (κ2) is 5.41. The number of aryl methyl sites for hydroxylation is 3. The van der Waals surface area contributed by atoms with Gasteiger partial charge in [-0.15, -0.1) is 11.3 Å². The van der Waals surface area contributed by atoms with Crippen LogP contribution in [-0.4, -0.2) is 5.91 Å². The summed E-state index contributed by atoms with van der Waals surface area (Å²) in [6.07, 6.45) is 1.31. The molecule has 5 heteroatoms. The summed E-state index contributed by atoms with van der Waals surface area (Å²) in [6, 6.07) is 6.11. The molecule has 1 aliphatic heterocycles. The summed E-state index contributed by atoms with van der Waals surface area (Å²) < 4.78 is 0. The van der Waals surface area contributed by atoms with Crippen LogP contribution in [0.1, 0.15) is 27.3 Å². The number of carbonyl (C=O) groups excluding carboxylic acids is 1. The summed E-state index contributed by atoms with van der Waals surface area (Å²) >= 11 is 1.81. The molecular formula is C16H19N3OS. The molecule has 2 aromatic rings. The minimum Gasteiger partial charge on any atom is -0.397 e. The molecule has 0 atom stereocenters. The number of benzene rings is 1. The van der Waals surface area contributed by atoms with Gasteiger partial charge in [-0.05, 0) is 49.6 Å². The minimum absolute atomic E-state index is 0.0622. The van der Waals surface area contributed by atoms with Gasteiger partial charge in [-0.1, -0.05) is 0 Å². The zero-order chi connectivity index (χ0) is 15.0. The highest BCUT2D eigenvalue weighted by atomic mass is 32.1. The Hall–Kier alpha value is -2.01. The van der Waals surface area contributed by atoms with Gasteiger partial charge in [-0.2, -0.15) is 0 Å². The lowest BCUT2D eigenvalue weighted by Gasteiger charge is -2.19. The lowest BCUT2D eigenvalue weighted by Crippen LogP contribution is -2.19. The van der Waals surface area contributed by atoms with Gasteiger partial charge in [-0.3, -0.25) is 4.79 Å². The van der Waals surface area contributed by atoms with E-state index in [9.17, 15) is 4.79 Å². The van der Waals surface area contributed by atoms with Crippen LogP contribution in [0.5, 0.6) is 0 Å². The normalized spacial score (nSPS) is 13.7. The first-order valence-corrected chi connectivity index (χ1v) is 7.86. The van der Waals surface area contributed by atoms with Crippen LogP contribution < -0.4 is 16.4 Å². The van der Waals surface area contributed by atoms with E-state index in [0.717, 1.165) is 29.9 Å². The van der Waals surface area contributed by atoms with Crippen LogP contribution in [-0.2, 0) is 17.8 Å². The molecule has 0 saturated heterocycles. The maximum atomic E-state index is 11.4. The quantitative estimate of drug-likeness (QED) is 0.761. The summed E-state index contributed by atoms with van der Waals surface area (Å²) in [7, 11) is 0. The summed E-state index contributed by atoms with van der Waals surface area (Å²) in [5.41, 5.74) is 11.0. The fraction of sp³-hybridized carbons (Fsp3) is 0.312. The maximum Gasteiger partial charge on any atom is 0.224 e. The Bertz CT molecular complexity index is 686. The van der Waals surface area contributed by atoms with Gasteiger partial charge >= 0.3 is 0 Å². The molecular weight excluding hydrogens is 282 g/mol. The maximum absolute atomic E-state index is 11.4. The van der Waals surface area contributed by atoms with Crippen molar-refractivity contribution in [3.05, 3.63) is 39.1 Å². The van der Waals surface area contributed by atoms with Crippen molar-refractivity contribution in [2.45, 2.75) is 33.2 Å². The third-order valence-corrected chi connectivity index (χ3v) is 4.99. The number of nitrogens with two attached hydrogens (primary N) is 1. The minimum atomic E-state index is 0.0622. The SMILES string of the molecule is Cc1cc(CNc2cc3c(cc2N)NC(=O)CC3)sc1C. The van der Waals surface area contributed by atoms with Gasteiger partial charge in [0.05, 0.1) is 11.4 Å². The van der Waals surface area contributed by atoms with Crippen LogP contribution in [0.2, 0.25) is 0 Å². The van der Waals surface area contributed by atoms with Crippen molar-refractivity contribution in [2.24, 2.45) is 0 Å². The number of nitrogens with one attached hydrogen (secondary N) is 2. The lowest BCUT2D eigenvalue weighted by atomic mass is 10.0. The Labute approximate surface area is 128 Å². The smallest absolute Gasteiger partial charge is 0.224 e. The van der Waals surface area contributed by atoms with Crippen LogP contribution in [0, 0.1) is 13.8 Å². The molecule has 4 N–H and O–H groups in total. The summed E-state index contributed by atoms with van der Waals surface area (Å²) in [4.78, 5) is 14.1. The molecule has 4 nitrogen and oxygen atoms in total. The highest BCUT2D eigenvalue weighted by Gasteiger charge is 2.16.